The zero-order chi connectivity index (χ0) is 17.9. The van der Waals surface area contributed by atoms with Crippen LogP contribution in [0, 0.1) is 0 Å². The van der Waals surface area contributed by atoms with E-state index in [0.717, 1.165) is 10.9 Å². The molecule has 8 heteroatoms. The van der Waals surface area contributed by atoms with Crippen molar-refractivity contribution >= 4 is 38.1 Å². The molecule has 0 aliphatic heterocycles. The number of benzene rings is 1. The molecule has 0 aliphatic carbocycles. The van der Waals surface area contributed by atoms with Gasteiger partial charge in [0.25, 0.3) is 10.0 Å². The molecule has 6 nitrogen and oxygen atoms in total. The molecule has 0 bridgehead atoms. The lowest BCUT2D eigenvalue weighted by molar-refractivity contribution is 0.282. The van der Waals surface area contributed by atoms with Gasteiger partial charge in [0.05, 0.1) is 12.1 Å². The third-order valence-corrected chi connectivity index (χ3v) is 7.08. The van der Waals surface area contributed by atoms with E-state index in [4.69, 9.17) is 0 Å². The second-order valence-electron chi connectivity index (χ2n) is 5.53. The fourth-order valence-electron chi connectivity index (χ4n) is 2.45. The van der Waals surface area contributed by atoms with E-state index in [2.05, 4.69) is 10.3 Å². The summed E-state index contributed by atoms with van der Waals surface area (Å²) in [6, 6.07) is 12.9. The fraction of sp³-hybridized carbons (Fsp3) is 0.235. The molecular weight excluding hydrogens is 358 g/mol. The lowest BCUT2D eigenvalue weighted by atomic mass is 10.1. The van der Waals surface area contributed by atoms with Gasteiger partial charge in [0.2, 0.25) is 0 Å². The SMILES string of the molecule is CN(CCNc1nc2ccccc2cc1CO)S(=O)(=O)c1cccs1. The Bertz CT molecular complexity index is 956. The van der Waals surface area contributed by atoms with Gasteiger partial charge in [0, 0.05) is 31.1 Å². The lowest BCUT2D eigenvalue weighted by Gasteiger charge is -2.17. The molecule has 0 unspecified atom stereocenters. The fourth-order valence-corrected chi connectivity index (χ4v) is 4.82. The van der Waals surface area contributed by atoms with Crippen LogP contribution in [-0.2, 0) is 16.6 Å². The summed E-state index contributed by atoms with van der Waals surface area (Å²) < 4.78 is 26.4. The molecule has 0 atom stereocenters. The van der Waals surface area contributed by atoms with E-state index in [-0.39, 0.29) is 6.61 Å². The van der Waals surface area contributed by atoms with Crippen molar-refractivity contribution in [3.05, 3.63) is 53.4 Å². The first-order valence-electron chi connectivity index (χ1n) is 7.75. The summed E-state index contributed by atoms with van der Waals surface area (Å²) >= 11 is 1.20. The Hall–Kier alpha value is -2.00. The third kappa shape index (κ3) is 3.82. The summed E-state index contributed by atoms with van der Waals surface area (Å²) in [7, 11) is -1.91. The topological polar surface area (TPSA) is 82.5 Å². The van der Waals surface area contributed by atoms with Gasteiger partial charge >= 0.3 is 0 Å². The summed E-state index contributed by atoms with van der Waals surface area (Å²) in [5.74, 6) is 0.572. The highest BCUT2D eigenvalue weighted by atomic mass is 32.2. The highest BCUT2D eigenvalue weighted by molar-refractivity contribution is 7.91. The minimum absolute atomic E-state index is 0.135. The van der Waals surface area contributed by atoms with Gasteiger partial charge < -0.3 is 10.4 Å². The predicted octanol–water partition coefficient (Wildman–Crippen LogP) is 2.52. The predicted molar refractivity (Wildman–Crippen MR) is 100 cm³/mol. The number of sulfonamides is 1. The Morgan fingerprint density at radius 1 is 1.24 bits per heavy atom. The van der Waals surface area contributed by atoms with E-state index in [1.807, 2.05) is 30.3 Å². The van der Waals surface area contributed by atoms with Crippen LogP contribution in [0.15, 0.2) is 52.1 Å². The van der Waals surface area contributed by atoms with E-state index < -0.39 is 10.0 Å². The van der Waals surface area contributed by atoms with Crippen molar-refractivity contribution in [1.82, 2.24) is 9.29 Å². The van der Waals surface area contributed by atoms with Gasteiger partial charge in [-0.2, -0.15) is 4.31 Å². The van der Waals surface area contributed by atoms with E-state index in [9.17, 15) is 13.5 Å². The molecule has 25 heavy (non-hydrogen) atoms. The molecule has 0 saturated carbocycles. The summed E-state index contributed by atoms with van der Waals surface area (Å²) in [4.78, 5) is 4.52. The number of para-hydroxylation sites is 1. The van der Waals surface area contributed by atoms with Gasteiger partial charge in [0.15, 0.2) is 0 Å². The number of hydrogen-bond donors (Lipinski definition) is 2. The normalized spacial score (nSPS) is 12.0. The van der Waals surface area contributed by atoms with Gasteiger partial charge in [-0.25, -0.2) is 13.4 Å². The number of likely N-dealkylation sites (N-methyl/N-ethyl adjacent to an activating group) is 1. The van der Waals surface area contributed by atoms with Crippen molar-refractivity contribution < 1.29 is 13.5 Å². The molecule has 132 valence electrons. The Labute approximate surface area is 150 Å². The Morgan fingerprint density at radius 2 is 2.04 bits per heavy atom. The summed E-state index contributed by atoms with van der Waals surface area (Å²) in [6.07, 6.45) is 0. The van der Waals surface area contributed by atoms with Crippen LogP contribution in [0.1, 0.15) is 5.56 Å². The van der Waals surface area contributed by atoms with Crippen molar-refractivity contribution in [2.45, 2.75) is 10.8 Å². The van der Waals surface area contributed by atoms with Crippen LogP contribution in [0.3, 0.4) is 0 Å². The van der Waals surface area contributed by atoms with Crippen molar-refractivity contribution in [3.63, 3.8) is 0 Å². The maximum Gasteiger partial charge on any atom is 0.252 e. The van der Waals surface area contributed by atoms with E-state index >= 15 is 0 Å². The molecule has 2 N–H and O–H groups in total. The molecule has 0 aliphatic rings. The van der Waals surface area contributed by atoms with Crippen molar-refractivity contribution in [1.29, 1.82) is 0 Å². The number of thiophene rings is 1. The Kier molecular flexibility index (Phi) is 5.33. The first-order valence-corrected chi connectivity index (χ1v) is 10.1. The first kappa shape index (κ1) is 17.8. The van der Waals surface area contributed by atoms with Gasteiger partial charge in [-0.3, -0.25) is 0 Å². The maximum absolute atomic E-state index is 12.4. The molecule has 1 aromatic carbocycles. The van der Waals surface area contributed by atoms with Gasteiger partial charge in [-0.1, -0.05) is 24.3 Å². The van der Waals surface area contributed by atoms with Crippen LogP contribution in [0.2, 0.25) is 0 Å². The molecule has 0 amide bonds. The van der Waals surface area contributed by atoms with Crippen molar-refractivity contribution in [2.75, 3.05) is 25.5 Å². The molecule has 0 spiro atoms. The van der Waals surface area contributed by atoms with Crippen molar-refractivity contribution in [3.8, 4) is 0 Å². The Balaban J connectivity index is 1.70. The number of anilines is 1. The van der Waals surface area contributed by atoms with Crippen LogP contribution < -0.4 is 5.32 Å². The van der Waals surface area contributed by atoms with E-state index in [1.54, 1.807) is 24.6 Å². The van der Waals surface area contributed by atoms with E-state index in [0.29, 0.717) is 28.7 Å². The largest absolute Gasteiger partial charge is 0.392 e. The quantitative estimate of drug-likeness (QED) is 0.661. The summed E-state index contributed by atoms with van der Waals surface area (Å²) in [5, 5.41) is 15.4. The van der Waals surface area contributed by atoms with Gasteiger partial charge in [-0.05, 0) is 23.6 Å². The molecule has 3 aromatic rings. The summed E-state index contributed by atoms with van der Waals surface area (Å²) in [6.45, 7) is 0.544. The van der Waals surface area contributed by atoms with Crippen LogP contribution in [-0.4, -0.2) is 43.0 Å². The lowest BCUT2D eigenvalue weighted by Crippen LogP contribution is -2.31. The molecule has 2 aromatic heterocycles. The van der Waals surface area contributed by atoms with Gasteiger partial charge in [-0.15, -0.1) is 11.3 Å². The number of pyridine rings is 1. The standard InChI is InChI=1S/C17H19N3O3S2/c1-20(25(22,23)16-7-4-10-24-16)9-8-18-17-14(12-21)11-13-5-2-3-6-15(13)19-17/h2-7,10-11,21H,8-9,12H2,1H3,(H,18,19). The average Bonchev–Trinajstić information content (AvgIpc) is 3.16. The zero-order valence-corrected chi connectivity index (χ0v) is 15.3. The number of aromatic nitrogens is 1. The number of nitrogens with one attached hydrogen (secondary N) is 1. The molecule has 3 rings (SSSR count). The molecule has 0 radical (unpaired) electrons. The van der Waals surface area contributed by atoms with Crippen LogP contribution >= 0.6 is 11.3 Å². The summed E-state index contributed by atoms with van der Waals surface area (Å²) in [5.41, 5.74) is 1.50. The van der Waals surface area contributed by atoms with Crippen LogP contribution in [0.5, 0.6) is 0 Å². The molecular formula is C17H19N3O3S2. The highest BCUT2D eigenvalue weighted by Gasteiger charge is 2.21. The number of aliphatic hydroxyl groups is 1. The maximum atomic E-state index is 12.4. The van der Waals surface area contributed by atoms with Crippen LogP contribution in [0.4, 0.5) is 5.82 Å². The minimum Gasteiger partial charge on any atom is -0.392 e. The molecule has 0 fully saturated rings. The highest BCUT2D eigenvalue weighted by Crippen LogP contribution is 2.21. The number of nitrogens with zero attached hydrogens (tertiary/aromatic N) is 2. The minimum atomic E-state index is -3.46. The number of aliphatic hydroxyl groups excluding tert-OH is 1. The monoisotopic (exact) mass is 377 g/mol. The second-order valence-corrected chi connectivity index (χ2v) is 8.75. The second kappa shape index (κ2) is 7.49. The van der Waals surface area contributed by atoms with Crippen LogP contribution in [0.25, 0.3) is 10.9 Å². The zero-order valence-electron chi connectivity index (χ0n) is 13.7. The first-order chi connectivity index (χ1) is 12.0. The van der Waals surface area contributed by atoms with E-state index in [1.165, 1.54) is 15.6 Å². The Morgan fingerprint density at radius 3 is 2.76 bits per heavy atom. The molecule has 0 saturated heterocycles. The van der Waals surface area contributed by atoms with Gasteiger partial charge in [0.1, 0.15) is 10.0 Å². The number of fused-ring (bicyclic) bond motifs is 1. The average molecular weight is 377 g/mol. The van der Waals surface area contributed by atoms with Crippen molar-refractivity contribution in [2.24, 2.45) is 0 Å². The number of hydrogen-bond acceptors (Lipinski definition) is 6. The number of rotatable bonds is 7. The smallest absolute Gasteiger partial charge is 0.252 e. The third-order valence-electron chi connectivity index (χ3n) is 3.85. The molecule has 2 heterocycles.